The quantitative estimate of drug-likeness (QED) is 0.690. The molecule has 160 valence electrons. The molecule has 29 heavy (non-hydrogen) atoms. The Morgan fingerprint density at radius 3 is 2.48 bits per heavy atom. The minimum Gasteiger partial charge on any atom is -0.343 e. The second-order valence-corrected chi connectivity index (χ2v) is 10.2. The van der Waals surface area contributed by atoms with Gasteiger partial charge in [0, 0.05) is 46.6 Å². The summed E-state index contributed by atoms with van der Waals surface area (Å²) in [4.78, 5) is 19.5. The van der Waals surface area contributed by atoms with Gasteiger partial charge in [-0.2, -0.15) is 0 Å². The summed E-state index contributed by atoms with van der Waals surface area (Å²) in [6, 6.07) is 5.41. The number of carbonyl (C=O) groups is 1. The number of sulfonamides is 1. The lowest BCUT2D eigenvalue weighted by Gasteiger charge is -2.31. The Hall–Kier alpha value is -1.93. The highest BCUT2D eigenvalue weighted by atomic mass is 32.2. The lowest BCUT2D eigenvalue weighted by atomic mass is 9.94. The molecule has 1 fully saturated rings. The number of aromatic nitrogens is 2. The van der Waals surface area contributed by atoms with Crippen molar-refractivity contribution in [3.8, 4) is 0 Å². The first-order chi connectivity index (χ1) is 13.8. The van der Waals surface area contributed by atoms with Gasteiger partial charge in [0.05, 0.1) is 15.9 Å². The average Bonchev–Trinajstić information content (AvgIpc) is 3.08. The van der Waals surface area contributed by atoms with Gasteiger partial charge in [-0.3, -0.25) is 4.79 Å². The van der Waals surface area contributed by atoms with E-state index < -0.39 is 10.0 Å². The third-order valence-corrected chi connectivity index (χ3v) is 7.78. The number of nitrogens with zero attached hydrogens (tertiary/aromatic N) is 4. The Kier molecular flexibility index (Phi) is 6.63. The van der Waals surface area contributed by atoms with Crippen molar-refractivity contribution in [2.24, 2.45) is 0 Å². The number of rotatable bonds is 7. The van der Waals surface area contributed by atoms with Crippen molar-refractivity contribution in [2.45, 2.75) is 69.4 Å². The van der Waals surface area contributed by atoms with Crippen molar-refractivity contribution < 1.29 is 13.2 Å². The summed E-state index contributed by atoms with van der Waals surface area (Å²) in [7, 11) is 1.45. The van der Waals surface area contributed by atoms with Crippen LogP contribution in [0, 0.1) is 0 Å². The first-order valence-electron chi connectivity index (χ1n) is 10.4. The van der Waals surface area contributed by atoms with Gasteiger partial charge < -0.3 is 9.47 Å². The van der Waals surface area contributed by atoms with Gasteiger partial charge in [0.1, 0.15) is 5.82 Å². The van der Waals surface area contributed by atoms with E-state index >= 15 is 0 Å². The molecule has 7 nitrogen and oxygen atoms in total. The zero-order valence-corrected chi connectivity index (χ0v) is 18.7. The molecular weight excluding hydrogens is 388 g/mol. The summed E-state index contributed by atoms with van der Waals surface area (Å²) in [5, 5.41) is 0. The zero-order valence-electron chi connectivity index (χ0n) is 17.9. The van der Waals surface area contributed by atoms with Gasteiger partial charge in [0.2, 0.25) is 15.9 Å². The average molecular weight is 421 g/mol. The van der Waals surface area contributed by atoms with Gasteiger partial charge in [0.15, 0.2) is 0 Å². The van der Waals surface area contributed by atoms with Crippen molar-refractivity contribution in [3.63, 3.8) is 0 Å². The van der Waals surface area contributed by atoms with Crippen LogP contribution in [0.15, 0.2) is 23.1 Å². The number of hydrogen-bond acceptors (Lipinski definition) is 4. The summed E-state index contributed by atoms with van der Waals surface area (Å²) in [5.74, 6) is 0.981. The van der Waals surface area contributed by atoms with E-state index in [1.807, 2.05) is 24.9 Å². The second-order valence-electron chi connectivity index (χ2n) is 8.01. The van der Waals surface area contributed by atoms with Crippen LogP contribution in [0.25, 0.3) is 11.0 Å². The molecular formula is C21H32N4O3S. The van der Waals surface area contributed by atoms with Gasteiger partial charge in [-0.15, -0.1) is 0 Å². The molecule has 1 aromatic heterocycles. The van der Waals surface area contributed by atoms with E-state index in [9.17, 15) is 13.2 Å². The summed E-state index contributed by atoms with van der Waals surface area (Å²) in [6.45, 7) is 2.75. The first-order valence-corrected chi connectivity index (χ1v) is 11.9. The predicted molar refractivity (Wildman–Crippen MR) is 114 cm³/mol. The SMILES string of the molecule is CCn1c(CCC(=O)N(C)C2CCCCC2)nc2cc(S(=O)(=O)N(C)C)ccc21. The Balaban J connectivity index is 1.79. The van der Waals surface area contributed by atoms with E-state index in [1.165, 1.54) is 37.7 Å². The standard InChI is InChI=1S/C21H32N4O3S/c1-5-25-19-12-11-17(29(27,28)23(2)3)15-18(19)22-20(25)13-14-21(26)24(4)16-9-7-6-8-10-16/h11-12,15-16H,5-10,13-14H2,1-4H3. The predicted octanol–water partition coefficient (Wildman–Crippen LogP) is 3.03. The van der Waals surface area contributed by atoms with Gasteiger partial charge in [0.25, 0.3) is 0 Å². The van der Waals surface area contributed by atoms with Crippen LogP contribution < -0.4 is 0 Å². The number of hydrogen-bond donors (Lipinski definition) is 0. The third-order valence-electron chi connectivity index (χ3n) is 5.97. The van der Waals surface area contributed by atoms with Crippen molar-refractivity contribution in [2.75, 3.05) is 21.1 Å². The van der Waals surface area contributed by atoms with E-state index in [-0.39, 0.29) is 10.8 Å². The Morgan fingerprint density at radius 1 is 1.17 bits per heavy atom. The molecule has 1 amide bonds. The summed E-state index contributed by atoms with van der Waals surface area (Å²) in [5.41, 5.74) is 1.55. The second kappa shape index (κ2) is 8.83. The van der Waals surface area contributed by atoms with Crippen LogP contribution in [-0.4, -0.2) is 60.3 Å². The van der Waals surface area contributed by atoms with E-state index in [1.54, 1.807) is 12.1 Å². The van der Waals surface area contributed by atoms with E-state index in [0.29, 0.717) is 24.4 Å². The van der Waals surface area contributed by atoms with Gasteiger partial charge in [-0.1, -0.05) is 19.3 Å². The monoisotopic (exact) mass is 420 g/mol. The maximum absolute atomic E-state index is 12.7. The summed E-state index contributed by atoms with van der Waals surface area (Å²) >= 11 is 0. The Bertz CT molecular complexity index is 975. The lowest BCUT2D eigenvalue weighted by Crippen LogP contribution is -2.38. The highest BCUT2D eigenvalue weighted by Crippen LogP contribution is 2.24. The molecule has 1 aliphatic carbocycles. The van der Waals surface area contributed by atoms with Crippen LogP contribution >= 0.6 is 0 Å². The highest BCUT2D eigenvalue weighted by Gasteiger charge is 2.23. The fourth-order valence-corrected chi connectivity index (χ4v) is 5.06. The Morgan fingerprint density at radius 2 is 1.86 bits per heavy atom. The zero-order chi connectivity index (χ0) is 21.2. The molecule has 0 atom stereocenters. The molecule has 0 radical (unpaired) electrons. The minimum atomic E-state index is -3.50. The number of imidazole rings is 1. The van der Waals surface area contributed by atoms with E-state index in [0.717, 1.165) is 30.7 Å². The van der Waals surface area contributed by atoms with Gasteiger partial charge in [-0.05, 0) is 38.0 Å². The minimum absolute atomic E-state index is 0.155. The molecule has 3 rings (SSSR count). The van der Waals surface area contributed by atoms with Crippen molar-refractivity contribution in [3.05, 3.63) is 24.0 Å². The topological polar surface area (TPSA) is 75.5 Å². The van der Waals surface area contributed by atoms with E-state index in [4.69, 9.17) is 0 Å². The van der Waals surface area contributed by atoms with Crippen molar-refractivity contribution >= 4 is 27.0 Å². The molecule has 0 aliphatic heterocycles. The number of fused-ring (bicyclic) bond motifs is 1. The number of carbonyl (C=O) groups excluding carboxylic acids is 1. The molecule has 2 aromatic rings. The van der Waals surface area contributed by atoms with Crippen LogP contribution in [-0.2, 0) is 27.8 Å². The first kappa shape index (κ1) is 21.8. The lowest BCUT2D eigenvalue weighted by molar-refractivity contribution is -0.132. The van der Waals surface area contributed by atoms with Crippen LogP contribution in [0.3, 0.4) is 0 Å². The van der Waals surface area contributed by atoms with Crippen LogP contribution in [0.2, 0.25) is 0 Å². The van der Waals surface area contributed by atoms with Crippen LogP contribution in [0.5, 0.6) is 0 Å². The molecule has 8 heteroatoms. The third kappa shape index (κ3) is 4.48. The maximum Gasteiger partial charge on any atom is 0.242 e. The molecule has 0 spiro atoms. The van der Waals surface area contributed by atoms with Crippen molar-refractivity contribution in [1.29, 1.82) is 0 Å². The van der Waals surface area contributed by atoms with Gasteiger partial charge in [-0.25, -0.2) is 17.7 Å². The highest BCUT2D eigenvalue weighted by molar-refractivity contribution is 7.89. The molecule has 0 N–H and O–H groups in total. The van der Waals surface area contributed by atoms with Crippen LogP contribution in [0.4, 0.5) is 0 Å². The Labute approximate surface area is 173 Å². The molecule has 0 saturated heterocycles. The fraction of sp³-hybridized carbons (Fsp3) is 0.619. The summed E-state index contributed by atoms with van der Waals surface area (Å²) < 4.78 is 28.1. The van der Waals surface area contributed by atoms with Crippen molar-refractivity contribution in [1.82, 2.24) is 18.8 Å². The largest absolute Gasteiger partial charge is 0.343 e. The molecule has 1 saturated carbocycles. The van der Waals surface area contributed by atoms with Gasteiger partial charge >= 0.3 is 0 Å². The molecule has 0 unspecified atom stereocenters. The normalized spacial score (nSPS) is 15.9. The van der Waals surface area contributed by atoms with Crippen LogP contribution in [0.1, 0.15) is 51.3 Å². The number of aryl methyl sites for hydroxylation is 2. The molecule has 1 heterocycles. The molecule has 1 aliphatic rings. The number of amides is 1. The van der Waals surface area contributed by atoms with E-state index in [2.05, 4.69) is 9.55 Å². The smallest absolute Gasteiger partial charge is 0.242 e. The molecule has 1 aromatic carbocycles. The maximum atomic E-state index is 12.7. The fourth-order valence-electron chi connectivity index (χ4n) is 4.14. The summed E-state index contributed by atoms with van der Waals surface area (Å²) in [6.07, 6.45) is 6.83. The molecule has 0 bridgehead atoms. The number of benzene rings is 1.